The van der Waals surface area contributed by atoms with Crippen molar-refractivity contribution in [1.82, 2.24) is 19.7 Å². The molecule has 1 saturated heterocycles. The maximum atomic E-state index is 11.2. The maximum Gasteiger partial charge on any atom is 0.288 e. The van der Waals surface area contributed by atoms with Gasteiger partial charge in [-0.1, -0.05) is 0 Å². The predicted octanol–water partition coefficient (Wildman–Crippen LogP) is 1.10. The number of nitrogens with two attached hydrogens (primary N) is 1. The summed E-state index contributed by atoms with van der Waals surface area (Å²) < 4.78 is 1.68. The lowest BCUT2D eigenvalue weighted by molar-refractivity contribution is 0.0990. The molecule has 1 aliphatic rings. The van der Waals surface area contributed by atoms with E-state index in [1.54, 1.807) is 4.68 Å². The minimum atomic E-state index is -0.635. The second-order valence-electron chi connectivity index (χ2n) is 6.05. The van der Waals surface area contributed by atoms with Gasteiger partial charge in [0.1, 0.15) is 18.2 Å². The average molecular weight is 325 g/mol. The van der Waals surface area contributed by atoms with Crippen LogP contribution in [0.25, 0.3) is 0 Å². The Balaban J connectivity index is 1.88. The molecule has 2 N–H and O–H groups in total. The summed E-state index contributed by atoms with van der Waals surface area (Å²) in [6.45, 7) is 5.34. The van der Waals surface area contributed by atoms with Crippen molar-refractivity contribution in [3.63, 3.8) is 0 Å². The smallest absolute Gasteiger partial charge is 0.288 e. The van der Waals surface area contributed by atoms with Gasteiger partial charge in [0.15, 0.2) is 0 Å². The number of nitriles is 1. The number of aryl methyl sites for hydroxylation is 2. The second kappa shape index (κ2) is 6.28. The van der Waals surface area contributed by atoms with E-state index in [1.165, 1.54) is 6.33 Å². The highest BCUT2D eigenvalue weighted by Gasteiger charge is 2.26. The van der Waals surface area contributed by atoms with Crippen LogP contribution in [0.5, 0.6) is 0 Å². The zero-order valence-corrected chi connectivity index (χ0v) is 13.7. The van der Waals surface area contributed by atoms with Gasteiger partial charge in [0, 0.05) is 18.8 Å². The number of rotatable bonds is 3. The molecular weight excluding hydrogens is 306 g/mol. The van der Waals surface area contributed by atoms with Gasteiger partial charge in [-0.3, -0.25) is 4.79 Å². The third-order valence-electron chi connectivity index (χ3n) is 4.24. The minimum absolute atomic E-state index is 0.0226. The van der Waals surface area contributed by atoms with Crippen LogP contribution in [0.4, 0.5) is 5.82 Å². The van der Waals surface area contributed by atoms with Gasteiger partial charge in [-0.25, -0.2) is 14.6 Å². The highest BCUT2D eigenvalue weighted by Crippen LogP contribution is 2.28. The molecule has 124 valence electrons. The predicted molar refractivity (Wildman–Crippen MR) is 87.4 cm³/mol. The van der Waals surface area contributed by atoms with E-state index >= 15 is 0 Å². The fourth-order valence-corrected chi connectivity index (χ4v) is 3.11. The molecule has 0 aliphatic carbocycles. The lowest BCUT2D eigenvalue weighted by atomic mass is 10.0. The van der Waals surface area contributed by atoms with Crippen LogP contribution in [0.3, 0.4) is 0 Å². The summed E-state index contributed by atoms with van der Waals surface area (Å²) >= 11 is 0. The van der Waals surface area contributed by atoms with Crippen molar-refractivity contribution in [3.8, 4) is 6.07 Å². The summed E-state index contributed by atoms with van der Waals surface area (Å²) in [5.74, 6) is 0.105. The Kier molecular flexibility index (Phi) is 4.16. The van der Waals surface area contributed by atoms with E-state index < -0.39 is 5.91 Å². The normalized spacial score (nSPS) is 17.5. The Hall–Kier alpha value is -2.95. The summed E-state index contributed by atoms with van der Waals surface area (Å²) in [4.78, 5) is 21.8. The number of aromatic nitrogens is 4. The van der Waals surface area contributed by atoms with Gasteiger partial charge in [0.25, 0.3) is 5.91 Å². The molecule has 0 spiro atoms. The number of primary amides is 1. The van der Waals surface area contributed by atoms with Crippen molar-refractivity contribution in [1.29, 1.82) is 5.26 Å². The monoisotopic (exact) mass is 325 g/mol. The van der Waals surface area contributed by atoms with Gasteiger partial charge >= 0.3 is 0 Å². The molecule has 24 heavy (non-hydrogen) atoms. The molecule has 3 rings (SSSR count). The molecule has 2 aromatic heterocycles. The van der Waals surface area contributed by atoms with E-state index in [-0.39, 0.29) is 11.9 Å². The Morgan fingerprint density at radius 2 is 2.25 bits per heavy atom. The molecule has 2 aromatic rings. The molecule has 8 nitrogen and oxygen atoms in total. The van der Waals surface area contributed by atoms with Crippen LogP contribution in [0, 0.1) is 25.2 Å². The number of hydrogen-bond donors (Lipinski definition) is 1. The largest absolute Gasteiger partial charge is 0.363 e. The van der Waals surface area contributed by atoms with Crippen LogP contribution in [0.2, 0.25) is 0 Å². The number of piperidine rings is 1. The summed E-state index contributed by atoms with van der Waals surface area (Å²) in [6.07, 6.45) is 3.40. The highest BCUT2D eigenvalue weighted by atomic mass is 16.1. The molecule has 0 radical (unpaired) electrons. The zero-order chi connectivity index (χ0) is 17.3. The summed E-state index contributed by atoms with van der Waals surface area (Å²) in [6, 6.07) is 4.24. The molecule has 1 fully saturated rings. The van der Waals surface area contributed by atoms with Crippen LogP contribution in [-0.2, 0) is 0 Å². The first-order valence-corrected chi connectivity index (χ1v) is 7.84. The van der Waals surface area contributed by atoms with Gasteiger partial charge in [-0.15, -0.1) is 5.10 Å². The van der Waals surface area contributed by atoms with Gasteiger partial charge in [0.2, 0.25) is 5.82 Å². The van der Waals surface area contributed by atoms with Crippen molar-refractivity contribution in [2.24, 2.45) is 5.73 Å². The Morgan fingerprint density at radius 1 is 1.46 bits per heavy atom. The van der Waals surface area contributed by atoms with E-state index in [1.807, 2.05) is 19.9 Å². The van der Waals surface area contributed by atoms with Crippen molar-refractivity contribution in [3.05, 3.63) is 35.0 Å². The van der Waals surface area contributed by atoms with Crippen molar-refractivity contribution >= 4 is 11.7 Å². The molecule has 0 bridgehead atoms. The standard InChI is InChI=1S/C16H19N7O/c1-10-6-11(2)20-16(13(10)7-17)22-5-3-4-12(8-22)23-9-19-15(21-23)14(18)24/h6,9,12H,3-5,8H2,1-2H3,(H2,18,24)/t12-/m1/s1. The third-order valence-corrected chi connectivity index (χ3v) is 4.24. The third kappa shape index (κ3) is 2.93. The summed E-state index contributed by atoms with van der Waals surface area (Å²) in [5.41, 5.74) is 7.64. The number of carbonyl (C=O) groups excluding carboxylic acids is 1. The van der Waals surface area contributed by atoms with Crippen LogP contribution in [0.15, 0.2) is 12.4 Å². The number of nitrogens with zero attached hydrogens (tertiary/aromatic N) is 6. The number of hydrogen-bond acceptors (Lipinski definition) is 6. The fourth-order valence-electron chi connectivity index (χ4n) is 3.11. The van der Waals surface area contributed by atoms with Crippen molar-refractivity contribution in [2.75, 3.05) is 18.0 Å². The Bertz CT molecular complexity index is 820. The number of pyridine rings is 1. The molecule has 0 saturated carbocycles. The zero-order valence-electron chi connectivity index (χ0n) is 13.7. The molecule has 0 unspecified atom stereocenters. The summed E-state index contributed by atoms with van der Waals surface area (Å²) in [5, 5.41) is 13.6. The number of anilines is 1. The van der Waals surface area contributed by atoms with Gasteiger partial charge < -0.3 is 10.6 Å². The van der Waals surface area contributed by atoms with Gasteiger partial charge in [0.05, 0.1) is 11.6 Å². The van der Waals surface area contributed by atoms with Gasteiger partial charge in [-0.2, -0.15) is 5.26 Å². The second-order valence-corrected chi connectivity index (χ2v) is 6.05. The molecule has 0 aromatic carbocycles. The first-order valence-electron chi connectivity index (χ1n) is 7.84. The van der Waals surface area contributed by atoms with E-state index in [4.69, 9.17) is 5.73 Å². The number of amides is 1. The van der Waals surface area contributed by atoms with Crippen molar-refractivity contribution < 1.29 is 4.79 Å². The van der Waals surface area contributed by atoms with Gasteiger partial charge in [-0.05, 0) is 38.3 Å². The van der Waals surface area contributed by atoms with Crippen molar-refractivity contribution in [2.45, 2.75) is 32.7 Å². The lowest BCUT2D eigenvalue weighted by Crippen LogP contribution is -2.38. The van der Waals surface area contributed by atoms with Crippen LogP contribution < -0.4 is 10.6 Å². The van der Waals surface area contributed by atoms with Crippen LogP contribution in [0.1, 0.15) is 46.3 Å². The first kappa shape index (κ1) is 15.9. The van der Waals surface area contributed by atoms with E-state index in [0.29, 0.717) is 12.1 Å². The topological polar surface area (TPSA) is 114 Å². The minimum Gasteiger partial charge on any atom is -0.363 e. The molecule has 1 aliphatic heterocycles. The maximum absolute atomic E-state index is 11.2. The fraction of sp³-hybridized carbons (Fsp3) is 0.438. The number of carbonyl (C=O) groups is 1. The molecule has 8 heteroatoms. The van der Waals surface area contributed by atoms with E-state index in [2.05, 4.69) is 26.0 Å². The molecule has 1 atom stereocenters. The highest BCUT2D eigenvalue weighted by molar-refractivity contribution is 5.88. The average Bonchev–Trinajstić information content (AvgIpc) is 3.04. The quantitative estimate of drug-likeness (QED) is 0.904. The SMILES string of the molecule is Cc1cc(C)c(C#N)c(N2CCC[C@@H](n3cnc(C(N)=O)n3)C2)n1. The Labute approximate surface area is 139 Å². The van der Waals surface area contributed by atoms with Crippen LogP contribution in [-0.4, -0.2) is 38.7 Å². The van der Waals surface area contributed by atoms with E-state index in [0.717, 1.165) is 36.5 Å². The van der Waals surface area contributed by atoms with Crippen LogP contribution >= 0.6 is 0 Å². The molecule has 3 heterocycles. The Morgan fingerprint density at radius 3 is 2.92 bits per heavy atom. The lowest BCUT2D eigenvalue weighted by Gasteiger charge is -2.34. The summed E-state index contributed by atoms with van der Waals surface area (Å²) in [7, 11) is 0. The first-order chi connectivity index (χ1) is 11.5. The molecule has 1 amide bonds. The van der Waals surface area contributed by atoms with E-state index in [9.17, 15) is 10.1 Å². The molecular formula is C16H19N7O.